The molecule has 0 radical (unpaired) electrons. The molecule has 80 valence electrons. The van der Waals surface area contributed by atoms with Gasteiger partial charge in [0, 0.05) is 18.4 Å². The Balaban J connectivity index is 2.30. The van der Waals surface area contributed by atoms with Gasteiger partial charge in [-0.3, -0.25) is 9.97 Å². The molecular weight excluding hydrogens is 186 g/mol. The van der Waals surface area contributed by atoms with Crippen molar-refractivity contribution in [1.82, 2.24) is 9.97 Å². The van der Waals surface area contributed by atoms with Crippen molar-refractivity contribution in [1.29, 1.82) is 0 Å². The lowest BCUT2D eigenvalue weighted by Crippen LogP contribution is -2.30. The van der Waals surface area contributed by atoms with E-state index in [1.54, 1.807) is 18.6 Å². The molecule has 1 aromatic rings. The zero-order chi connectivity index (χ0) is 10.9. The first-order valence-corrected chi connectivity index (χ1v) is 5.29. The average molecular weight is 203 g/mol. The zero-order valence-electron chi connectivity index (χ0n) is 9.27. The van der Waals surface area contributed by atoms with Crippen LogP contribution in [-0.2, 0) is 0 Å². The number of hydrogen-bond acceptors (Lipinski definition) is 3. The monoisotopic (exact) mass is 203 g/mol. The van der Waals surface area contributed by atoms with Gasteiger partial charge in [-0.2, -0.15) is 0 Å². The lowest BCUT2D eigenvalue weighted by Gasteiger charge is -2.32. The van der Waals surface area contributed by atoms with E-state index in [4.69, 9.17) is 5.73 Å². The summed E-state index contributed by atoms with van der Waals surface area (Å²) in [6, 6.07) is 0.144. The Morgan fingerprint density at radius 1 is 1.40 bits per heavy atom. The van der Waals surface area contributed by atoms with Crippen LogP contribution in [0.25, 0.3) is 5.57 Å². The maximum absolute atomic E-state index is 6.01. The second kappa shape index (κ2) is 3.74. The van der Waals surface area contributed by atoms with Crippen LogP contribution in [0, 0.1) is 5.41 Å². The van der Waals surface area contributed by atoms with Gasteiger partial charge < -0.3 is 5.73 Å². The molecule has 1 unspecified atom stereocenters. The molecule has 0 aromatic carbocycles. The van der Waals surface area contributed by atoms with E-state index in [0.717, 1.165) is 18.5 Å². The quantitative estimate of drug-likeness (QED) is 0.759. The summed E-state index contributed by atoms with van der Waals surface area (Å²) in [7, 11) is 0. The van der Waals surface area contributed by atoms with Gasteiger partial charge in [-0.05, 0) is 23.8 Å². The molecule has 1 aliphatic carbocycles. The highest BCUT2D eigenvalue weighted by Crippen LogP contribution is 2.38. The molecular formula is C12H17N3. The normalized spacial score (nSPS) is 24.7. The van der Waals surface area contributed by atoms with Gasteiger partial charge in [0.05, 0.1) is 11.9 Å². The summed E-state index contributed by atoms with van der Waals surface area (Å²) in [5.41, 5.74) is 8.47. The first kappa shape index (κ1) is 10.3. The van der Waals surface area contributed by atoms with Gasteiger partial charge in [0.15, 0.2) is 0 Å². The minimum atomic E-state index is 0.144. The van der Waals surface area contributed by atoms with E-state index < -0.39 is 0 Å². The summed E-state index contributed by atoms with van der Waals surface area (Å²) in [6.07, 6.45) is 9.41. The Hall–Kier alpha value is -1.22. The first-order chi connectivity index (χ1) is 7.07. The maximum atomic E-state index is 6.01. The van der Waals surface area contributed by atoms with E-state index in [0.29, 0.717) is 0 Å². The predicted octanol–water partition coefficient (Wildman–Crippen LogP) is 2.01. The van der Waals surface area contributed by atoms with Gasteiger partial charge in [0.1, 0.15) is 0 Å². The SMILES string of the molecule is CC1(C)CC(c2cnccn2)=CC(N)C1. The Kier molecular flexibility index (Phi) is 2.57. The minimum absolute atomic E-state index is 0.144. The van der Waals surface area contributed by atoms with Crippen molar-refractivity contribution in [2.24, 2.45) is 11.1 Å². The fraction of sp³-hybridized carbons (Fsp3) is 0.500. The van der Waals surface area contributed by atoms with Crippen molar-refractivity contribution < 1.29 is 0 Å². The summed E-state index contributed by atoms with van der Waals surface area (Å²) >= 11 is 0. The molecule has 1 aromatic heterocycles. The van der Waals surface area contributed by atoms with Crippen LogP contribution in [0.2, 0.25) is 0 Å². The summed E-state index contributed by atoms with van der Waals surface area (Å²) < 4.78 is 0. The predicted molar refractivity (Wildman–Crippen MR) is 61.0 cm³/mol. The van der Waals surface area contributed by atoms with Gasteiger partial charge in [-0.25, -0.2) is 0 Å². The molecule has 0 bridgehead atoms. The van der Waals surface area contributed by atoms with Crippen LogP contribution in [0.5, 0.6) is 0 Å². The van der Waals surface area contributed by atoms with Crippen molar-refractivity contribution in [3.8, 4) is 0 Å². The molecule has 2 rings (SSSR count). The van der Waals surface area contributed by atoms with Gasteiger partial charge in [-0.1, -0.05) is 19.9 Å². The Morgan fingerprint density at radius 2 is 2.20 bits per heavy atom. The molecule has 1 heterocycles. The van der Waals surface area contributed by atoms with Crippen LogP contribution in [0.3, 0.4) is 0 Å². The number of aromatic nitrogens is 2. The van der Waals surface area contributed by atoms with Crippen LogP contribution in [-0.4, -0.2) is 16.0 Å². The second-order valence-corrected chi connectivity index (χ2v) is 4.99. The number of nitrogens with zero attached hydrogens (tertiary/aromatic N) is 2. The summed E-state index contributed by atoms with van der Waals surface area (Å²) in [4.78, 5) is 8.40. The molecule has 3 nitrogen and oxygen atoms in total. The highest BCUT2D eigenvalue weighted by molar-refractivity contribution is 5.64. The molecule has 1 atom stereocenters. The van der Waals surface area contributed by atoms with E-state index in [-0.39, 0.29) is 11.5 Å². The molecule has 0 saturated carbocycles. The number of allylic oxidation sites excluding steroid dienone is 1. The van der Waals surface area contributed by atoms with Crippen LogP contribution in [0.1, 0.15) is 32.4 Å². The molecule has 1 aliphatic rings. The largest absolute Gasteiger partial charge is 0.324 e. The van der Waals surface area contributed by atoms with E-state index >= 15 is 0 Å². The highest BCUT2D eigenvalue weighted by Gasteiger charge is 2.27. The van der Waals surface area contributed by atoms with E-state index in [1.165, 1.54) is 5.57 Å². The Morgan fingerprint density at radius 3 is 2.80 bits per heavy atom. The van der Waals surface area contributed by atoms with Crippen LogP contribution < -0.4 is 5.73 Å². The summed E-state index contributed by atoms with van der Waals surface area (Å²) in [5.74, 6) is 0. The molecule has 0 amide bonds. The van der Waals surface area contributed by atoms with Crippen LogP contribution in [0.4, 0.5) is 0 Å². The van der Waals surface area contributed by atoms with Gasteiger partial charge in [-0.15, -0.1) is 0 Å². The first-order valence-electron chi connectivity index (χ1n) is 5.29. The molecule has 3 heteroatoms. The van der Waals surface area contributed by atoms with E-state index in [9.17, 15) is 0 Å². The second-order valence-electron chi connectivity index (χ2n) is 4.99. The van der Waals surface area contributed by atoms with Crippen LogP contribution in [0.15, 0.2) is 24.7 Å². The lowest BCUT2D eigenvalue weighted by molar-refractivity contribution is 0.318. The Labute approximate surface area is 90.4 Å². The number of hydrogen-bond donors (Lipinski definition) is 1. The number of nitrogens with two attached hydrogens (primary N) is 1. The van der Waals surface area contributed by atoms with Gasteiger partial charge >= 0.3 is 0 Å². The Bertz CT molecular complexity index is 368. The van der Waals surface area contributed by atoms with Crippen molar-refractivity contribution >= 4 is 5.57 Å². The molecule has 0 aliphatic heterocycles. The minimum Gasteiger partial charge on any atom is -0.324 e. The average Bonchev–Trinajstić information content (AvgIpc) is 2.16. The zero-order valence-corrected chi connectivity index (χ0v) is 9.27. The maximum Gasteiger partial charge on any atom is 0.0842 e. The fourth-order valence-corrected chi connectivity index (χ4v) is 2.24. The third-order valence-corrected chi connectivity index (χ3v) is 2.76. The van der Waals surface area contributed by atoms with Crippen molar-refractivity contribution in [3.63, 3.8) is 0 Å². The standard InChI is InChI=1S/C12H17N3/c1-12(2)6-9(5-10(13)7-12)11-8-14-3-4-15-11/h3-5,8,10H,6-7,13H2,1-2H3. The third kappa shape index (κ3) is 2.42. The van der Waals surface area contributed by atoms with Crippen LogP contribution >= 0.6 is 0 Å². The molecule has 0 saturated heterocycles. The lowest BCUT2D eigenvalue weighted by atomic mass is 9.75. The van der Waals surface area contributed by atoms with E-state index in [1.807, 2.05) is 0 Å². The summed E-state index contributed by atoms with van der Waals surface area (Å²) in [5, 5.41) is 0. The highest BCUT2D eigenvalue weighted by atomic mass is 14.8. The van der Waals surface area contributed by atoms with Crippen molar-refractivity contribution in [2.45, 2.75) is 32.7 Å². The van der Waals surface area contributed by atoms with Gasteiger partial charge in [0.2, 0.25) is 0 Å². The van der Waals surface area contributed by atoms with Crippen molar-refractivity contribution in [2.75, 3.05) is 0 Å². The van der Waals surface area contributed by atoms with Gasteiger partial charge in [0.25, 0.3) is 0 Å². The smallest absolute Gasteiger partial charge is 0.0842 e. The van der Waals surface area contributed by atoms with Crippen molar-refractivity contribution in [3.05, 3.63) is 30.4 Å². The number of rotatable bonds is 1. The molecule has 15 heavy (non-hydrogen) atoms. The summed E-state index contributed by atoms with van der Waals surface area (Å²) in [6.45, 7) is 4.49. The van der Waals surface area contributed by atoms with E-state index in [2.05, 4.69) is 29.9 Å². The fourth-order valence-electron chi connectivity index (χ4n) is 2.24. The molecule has 0 spiro atoms. The molecule has 2 N–H and O–H groups in total. The third-order valence-electron chi connectivity index (χ3n) is 2.76. The topological polar surface area (TPSA) is 51.8 Å². The molecule has 0 fully saturated rings.